The van der Waals surface area contributed by atoms with Gasteiger partial charge in [-0.1, -0.05) is 13.3 Å². The molecule has 0 amide bonds. The van der Waals surface area contributed by atoms with Crippen LogP contribution in [0.2, 0.25) is 0 Å². The van der Waals surface area contributed by atoms with Crippen molar-refractivity contribution in [2.75, 3.05) is 44.7 Å². The SMILES string of the molecule is CCCc1cc(NCCC[NH+]2CCOCC2)n2nc3nc(C)cc(C)c3c2n1. The van der Waals surface area contributed by atoms with Gasteiger partial charge in [0, 0.05) is 30.4 Å². The molecule has 4 rings (SSSR count). The minimum Gasteiger partial charge on any atom is -0.370 e. The van der Waals surface area contributed by atoms with Crippen LogP contribution in [0.3, 0.4) is 0 Å². The predicted octanol–water partition coefficient (Wildman–Crippen LogP) is 1.56. The fraction of sp³-hybridized carbons (Fsp3) is 0.571. The van der Waals surface area contributed by atoms with Crippen LogP contribution >= 0.6 is 0 Å². The van der Waals surface area contributed by atoms with Crippen molar-refractivity contribution in [3.05, 3.63) is 29.1 Å². The van der Waals surface area contributed by atoms with Gasteiger partial charge in [0.2, 0.25) is 0 Å². The van der Waals surface area contributed by atoms with Crippen LogP contribution in [0.15, 0.2) is 12.1 Å². The predicted molar refractivity (Wildman–Crippen MR) is 111 cm³/mol. The summed E-state index contributed by atoms with van der Waals surface area (Å²) < 4.78 is 7.38. The molecule has 1 aliphatic rings. The summed E-state index contributed by atoms with van der Waals surface area (Å²) in [5.41, 5.74) is 4.97. The number of ether oxygens (including phenoxy) is 1. The molecular formula is C21H31N6O+. The summed E-state index contributed by atoms with van der Waals surface area (Å²) in [6.07, 6.45) is 3.17. The van der Waals surface area contributed by atoms with Gasteiger partial charge in [-0.15, -0.1) is 5.10 Å². The third-order valence-corrected chi connectivity index (χ3v) is 5.44. The number of anilines is 1. The Balaban J connectivity index is 1.59. The fourth-order valence-electron chi connectivity index (χ4n) is 4.05. The van der Waals surface area contributed by atoms with Gasteiger partial charge in [0.15, 0.2) is 11.3 Å². The van der Waals surface area contributed by atoms with Crippen molar-refractivity contribution in [1.29, 1.82) is 0 Å². The van der Waals surface area contributed by atoms with Crippen LogP contribution in [-0.4, -0.2) is 59.0 Å². The van der Waals surface area contributed by atoms with Crippen LogP contribution < -0.4 is 10.2 Å². The zero-order chi connectivity index (χ0) is 19.5. The summed E-state index contributed by atoms with van der Waals surface area (Å²) in [5, 5.41) is 9.43. The second-order valence-corrected chi connectivity index (χ2v) is 7.79. The molecule has 0 atom stereocenters. The minimum absolute atomic E-state index is 0.777. The summed E-state index contributed by atoms with van der Waals surface area (Å²) in [5.74, 6) is 1.01. The highest BCUT2D eigenvalue weighted by Crippen LogP contribution is 2.25. The summed E-state index contributed by atoms with van der Waals surface area (Å²) in [4.78, 5) is 11.2. The van der Waals surface area contributed by atoms with Crippen molar-refractivity contribution >= 4 is 22.5 Å². The Bertz CT molecular complexity index is 961. The molecule has 28 heavy (non-hydrogen) atoms. The van der Waals surface area contributed by atoms with E-state index in [2.05, 4.69) is 36.3 Å². The number of nitrogens with zero attached hydrogens (tertiary/aromatic N) is 4. The maximum absolute atomic E-state index is 5.45. The van der Waals surface area contributed by atoms with Gasteiger partial charge in [-0.25, -0.2) is 9.97 Å². The summed E-state index contributed by atoms with van der Waals surface area (Å²) in [7, 11) is 0. The van der Waals surface area contributed by atoms with Crippen molar-refractivity contribution in [2.24, 2.45) is 0 Å². The van der Waals surface area contributed by atoms with Gasteiger partial charge in [0.25, 0.3) is 0 Å². The van der Waals surface area contributed by atoms with Crippen LogP contribution in [-0.2, 0) is 11.2 Å². The molecule has 0 bridgehead atoms. The Labute approximate surface area is 166 Å². The van der Waals surface area contributed by atoms with E-state index in [4.69, 9.17) is 14.8 Å². The lowest BCUT2D eigenvalue weighted by atomic mass is 10.2. The van der Waals surface area contributed by atoms with E-state index in [-0.39, 0.29) is 0 Å². The van der Waals surface area contributed by atoms with Gasteiger partial charge in [-0.2, -0.15) is 4.52 Å². The molecule has 0 radical (unpaired) electrons. The second-order valence-electron chi connectivity index (χ2n) is 7.79. The van der Waals surface area contributed by atoms with Crippen LogP contribution in [0.5, 0.6) is 0 Å². The smallest absolute Gasteiger partial charge is 0.184 e. The molecule has 0 saturated carbocycles. The number of hydrogen-bond acceptors (Lipinski definition) is 5. The van der Waals surface area contributed by atoms with Gasteiger partial charge in [-0.3, -0.25) is 0 Å². The second kappa shape index (κ2) is 8.41. The molecule has 4 heterocycles. The number of pyridine rings is 1. The van der Waals surface area contributed by atoms with E-state index in [0.717, 1.165) is 86.0 Å². The van der Waals surface area contributed by atoms with E-state index in [0.29, 0.717) is 0 Å². The number of rotatable bonds is 7. The Morgan fingerprint density at radius 3 is 2.79 bits per heavy atom. The Kier molecular flexibility index (Phi) is 5.73. The van der Waals surface area contributed by atoms with E-state index in [9.17, 15) is 0 Å². The molecular weight excluding hydrogens is 352 g/mol. The lowest BCUT2D eigenvalue weighted by Gasteiger charge is -2.23. The standard InChI is InChI=1S/C21H30N6O/c1-4-6-17-14-18(22-7-5-8-26-9-11-28-12-10-26)27-21(24-17)19-15(2)13-16(3)23-20(19)25-27/h13-14,22H,4-12H2,1-3H3/p+1. The summed E-state index contributed by atoms with van der Waals surface area (Å²) >= 11 is 0. The number of nitrogens with one attached hydrogen (secondary N) is 2. The normalized spacial score (nSPS) is 15.5. The highest BCUT2D eigenvalue weighted by Gasteiger charge is 2.16. The molecule has 150 valence electrons. The molecule has 2 N–H and O–H groups in total. The molecule has 1 saturated heterocycles. The highest BCUT2D eigenvalue weighted by atomic mass is 16.5. The third-order valence-electron chi connectivity index (χ3n) is 5.44. The van der Waals surface area contributed by atoms with Crippen molar-refractivity contribution in [1.82, 2.24) is 19.6 Å². The molecule has 1 fully saturated rings. The van der Waals surface area contributed by atoms with Gasteiger partial charge in [-0.05, 0) is 31.9 Å². The van der Waals surface area contributed by atoms with Gasteiger partial charge >= 0.3 is 0 Å². The van der Waals surface area contributed by atoms with Crippen LogP contribution in [0, 0.1) is 13.8 Å². The van der Waals surface area contributed by atoms with E-state index >= 15 is 0 Å². The number of morpholine rings is 1. The topological polar surface area (TPSA) is 68.8 Å². The fourth-order valence-corrected chi connectivity index (χ4v) is 4.05. The van der Waals surface area contributed by atoms with E-state index in [1.807, 2.05) is 11.4 Å². The van der Waals surface area contributed by atoms with Gasteiger partial charge < -0.3 is 15.0 Å². The lowest BCUT2D eigenvalue weighted by molar-refractivity contribution is -0.908. The molecule has 3 aromatic rings. The van der Waals surface area contributed by atoms with Crippen LogP contribution in [0.1, 0.15) is 36.7 Å². The molecule has 0 unspecified atom stereocenters. The lowest BCUT2D eigenvalue weighted by Crippen LogP contribution is -3.14. The maximum atomic E-state index is 5.45. The number of quaternary nitrogens is 1. The average Bonchev–Trinajstić information content (AvgIpc) is 3.05. The van der Waals surface area contributed by atoms with Gasteiger partial charge in [0.05, 0.1) is 25.1 Å². The molecule has 0 aromatic carbocycles. The average molecular weight is 384 g/mol. The van der Waals surface area contributed by atoms with Crippen LogP contribution in [0.4, 0.5) is 5.82 Å². The van der Waals surface area contributed by atoms with E-state index in [1.165, 1.54) is 12.1 Å². The molecule has 7 nitrogen and oxygen atoms in total. The third kappa shape index (κ3) is 3.95. The largest absolute Gasteiger partial charge is 0.370 e. The Hall–Kier alpha value is -2.25. The zero-order valence-electron chi connectivity index (χ0n) is 17.2. The first-order valence-electron chi connectivity index (χ1n) is 10.5. The van der Waals surface area contributed by atoms with Gasteiger partial charge in [0.1, 0.15) is 18.9 Å². The van der Waals surface area contributed by atoms with Crippen molar-refractivity contribution in [3.63, 3.8) is 0 Å². The molecule has 3 aromatic heterocycles. The first kappa shape index (κ1) is 19.1. The number of fused-ring (bicyclic) bond motifs is 3. The molecule has 1 aliphatic heterocycles. The van der Waals surface area contributed by atoms with E-state index in [1.54, 1.807) is 4.90 Å². The number of hydrogen-bond donors (Lipinski definition) is 2. The quantitative estimate of drug-likeness (QED) is 0.606. The molecule has 7 heteroatoms. The Morgan fingerprint density at radius 1 is 1.18 bits per heavy atom. The summed E-state index contributed by atoms with van der Waals surface area (Å²) in [6, 6.07) is 4.25. The van der Waals surface area contributed by atoms with Crippen molar-refractivity contribution < 1.29 is 9.64 Å². The maximum Gasteiger partial charge on any atom is 0.184 e. The van der Waals surface area contributed by atoms with Crippen LogP contribution in [0.25, 0.3) is 16.7 Å². The Morgan fingerprint density at radius 2 is 2.00 bits per heavy atom. The number of aromatic nitrogens is 4. The van der Waals surface area contributed by atoms with E-state index < -0.39 is 0 Å². The summed E-state index contributed by atoms with van der Waals surface area (Å²) in [6.45, 7) is 12.4. The first-order chi connectivity index (χ1) is 13.7. The zero-order valence-corrected chi connectivity index (χ0v) is 17.2. The highest BCUT2D eigenvalue weighted by molar-refractivity contribution is 5.93. The monoisotopic (exact) mass is 383 g/mol. The van der Waals surface area contributed by atoms with Crippen molar-refractivity contribution in [3.8, 4) is 0 Å². The molecule has 0 spiro atoms. The first-order valence-corrected chi connectivity index (χ1v) is 10.5. The number of aryl methyl sites for hydroxylation is 3. The van der Waals surface area contributed by atoms with Crippen molar-refractivity contribution in [2.45, 2.75) is 40.0 Å². The minimum atomic E-state index is 0.777. The molecule has 0 aliphatic carbocycles.